The molecule has 0 N–H and O–H groups in total. The van der Waals surface area contributed by atoms with Gasteiger partial charge in [0.25, 0.3) is 0 Å². The summed E-state index contributed by atoms with van der Waals surface area (Å²) in [5.41, 5.74) is 0.163. The molecule has 0 atom stereocenters. The SMILES string of the molecule is CN(C)N=Nc1ccccc1C(=O)C(C)(C)C(=O)c1ccccc1. The quantitative estimate of drug-likeness (QED) is 0.344. The molecule has 2 rings (SSSR count). The highest BCUT2D eigenvalue weighted by Gasteiger charge is 2.38. The zero-order chi connectivity index (χ0) is 17.7. The van der Waals surface area contributed by atoms with Gasteiger partial charge in [-0.25, -0.2) is 0 Å². The summed E-state index contributed by atoms with van der Waals surface area (Å²) in [5, 5.41) is 9.58. The van der Waals surface area contributed by atoms with Gasteiger partial charge in [-0.3, -0.25) is 14.6 Å². The molecule has 0 heterocycles. The second kappa shape index (κ2) is 7.17. The van der Waals surface area contributed by atoms with Crippen LogP contribution in [0.5, 0.6) is 0 Å². The van der Waals surface area contributed by atoms with Gasteiger partial charge in [-0.2, -0.15) is 0 Å². The number of rotatable bonds is 6. The molecule has 0 aliphatic heterocycles. The molecule has 0 amide bonds. The van der Waals surface area contributed by atoms with Gasteiger partial charge in [0.2, 0.25) is 0 Å². The average Bonchev–Trinajstić information content (AvgIpc) is 2.59. The zero-order valence-electron chi connectivity index (χ0n) is 14.4. The van der Waals surface area contributed by atoms with Crippen molar-refractivity contribution in [3.05, 3.63) is 65.7 Å². The van der Waals surface area contributed by atoms with E-state index in [1.165, 1.54) is 0 Å². The van der Waals surface area contributed by atoms with E-state index < -0.39 is 5.41 Å². The maximum Gasteiger partial charge on any atom is 0.178 e. The largest absolute Gasteiger partial charge is 0.293 e. The van der Waals surface area contributed by atoms with Crippen LogP contribution in [0.15, 0.2) is 64.9 Å². The number of carbonyl (C=O) groups is 2. The summed E-state index contributed by atoms with van der Waals surface area (Å²) in [4.78, 5) is 25.8. The van der Waals surface area contributed by atoms with Gasteiger partial charge in [0.15, 0.2) is 11.6 Å². The second-order valence-corrected chi connectivity index (χ2v) is 6.20. The number of benzene rings is 2. The molecule has 5 nitrogen and oxygen atoms in total. The highest BCUT2D eigenvalue weighted by molar-refractivity contribution is 6.20. The van der Waals surface area contributed by atoms with Crippen molar-refractivity contribution < 1.29 is 9.59 Å². The van der Waals surface area contributed by atoms with Crippen LogP contribution in [0.2, 0.25) is 0 Å². The standard InChI is InChI=1S/C19H21N3O2/c1-19(2,17(23)14-10-6-5-7-11-14)18(24)15-12-8-9-13-16(15)20-21-22(3)4/h5-13H,1-4H3. The lowest BCUT2D eigenvalue weighted by Gasteiger charge is -2.22. The third kappa shape index (κ3) is 3.74. The number of hydrogen-bond acceptors (Lipinski definition) is 4. The minimum atomic E-state index is -1.19. The molecule has 124 valence electrons. The Hall–Kier alpha value is -2.82. The molecule has 0 aliphatic rings. The molecule has 0 fully saturated rings. The lowest BCUT2D eigenvalue weighted by molar-refractivity contribution is 0.0712. The molecule has 24 heavy (non-hydrogen) atoms. The fraction of sp³-hybridized carbons (Fsp3) is 0.263. The molecular weight excluding hydrogens is 302 g/mol. The van der Waals surface area contributed by atoms with Crippen LogP contribution >= 0.6 is 0 Å². The summed E-state index contributed by atoms with van der Waals surface area (Å²) in [6.45, 7) is 3.29. The highest BCUT2D eigenvalue weighted by Crippen LogP contribution is 2.31. The van der Waals surface area contributed by atoms with Gasteiger partial charge in [0, 0.05) is 25.2 Å². The fourth-order valence-electron chi connectivity index (χ4n) is 2.28. The topological polar surface area (TPSA) is 62.1 Å². The van der Waals surface area contributed by atoms with Crippen LogP contribution in [-0.4, -0.2) is 30.7 Å². The van der Waals surface area contributed by atoms with E-state index in [1.807, 2.05) is 6.07 Å². The second-order valence-electron chi connectivity index (χ2n) is 6.20. The molecule has 0 bridgehead atoms. The Labute approximate surface area is 142 Å². The van der Waals surface area contributed by atoms with Crippen molar-refractivity contribution in [3.8, 4) is 0 Å². The van der Waals surface area contributed by atoms with Gasteiger partial charge >= 0.3 is 0 Å². The Bertz CT molecular complexity index is 765. The number of nitrogens with zero attached hydrogens (tertiary/aromatic N) is 3. The zero-order valence-corrected chi connectivity index (χ0v) is 14.4. The molecule has 0 saturated carbocycles. The van der Waals surface area contributed by atoms with Crippen LogP contribution in [0, 0.1) is 5.41 Å². The molecule has 0 aliphatic carbocycles. The van der Waals surface area contributed by atoms with Crippen molar-refractivity contribution in [2.75, 3.05) is 14.1 Å². The van der Waals surface area contributed by atoms with E-state index in [4.69, 9.17) is 0 Å². The van der Waals surface area contributed by atoms with Crippen molar-refractivity contribution in [3.63, 3.8) is 0 Å². The van der Waals surface area contributed by atoms with Crippen molar-refractivity contribution >= 4 is 17.3 Å². The lowest BCUT2D eigenvalue weighted by Crippen LogP contribution is -2.33. The Kier molecular flexibility index (Phi) is 5.24. The Morgan fingerprint density at radius 2 is 1.46 bits per heavy atom. The Morgan fingerprint density at radius 1 is 0.875 bits per heavy atom. The highest BCUT2D eigenvalue weighted by atomic mass is 16.2. The third-order valence-corrected chi connectivity index (χ3v) is 3.65. The summed E-state index contributed by atoms with van der Waals surface area (Å²) < 4.78 is 0. The first-order valence-electron chi connectivity index (χ1n) is 7.66. The first-order chi connectivity index (χ1) is 11.3. The summed E-state index contributed by atoms with van der Waals surface area (Å²) in [5.74, 6) is -0.489. The smallest absolute Gasteiger partial charge is 0.178 e. The van der Waals surface area contributed by atoms with Gasteiger partial charge in [0.05, 0.1) is 11.1 Å². The van der Waals surface area contributed by atoms with E-state index >= 15 is 0 Å². The maximum absolute atomic E-state index is 13.0. The minimum absolute atomic E-state index is 0.215. The van der Waals surface area contributed by atoms with Gasteiger partial charge in [-0.05, 0) is 26.0 Å². The summed E-state index contributed by atoms with van der Waals surface area (Å²) >= 11 is 0. The molecule has 5 heteroatoms. The summed E-state index contributed by atoms with van der Waals surface area (Å²) in [7, 11) is 3.49. The van der Waals surface area contributed by atoms with Crippen LogP contribution in [0.25, 0.3) is 0 Å². The van der Waals surface area contributed by atoms with E-state index in [-0.39, 0.29) is 11.6 Å². The van der Waals surface area contributed by atoms with Crippen molar-refractivity contribution in [2.24, 2.45) is 15.8 Å². The van der Waals surface area contributed by atoms with Crippen molar-refractivity contribution in [2.45, 2.75) is 13.8 Å². The predicted molar refractivity (Wildman–Crippen MR) is 93.5 cm³/mol. The van der Waals surface area contributed by atoms with E-state index in [2.05, 4.69) is 10.3 Å². The number of hydrogen-bond donors (Lipinski definition) is 0. The Morgan fingerprint density at radius 3 is 2.08 bits per heavy atom. The maximum atomic E-state index is 13.0. The number of carbonyl (C=O) groups excluding carboxylic acids is 2. The predicted octanol–water partition coefficient (Wildman–Crippen LogP) is 4.34. The van der Waals surface area contributed by atoms with Crippen LogP contribution in [0.4, 0.5) is 5.69 Å². The molecule has 2 aromatic rings. The first kappa shape index (κ1) is 17.5. The van der Waals surface area contributed by atoms with E-state index in [1.54, 1.807) is 81.5 Å². The first-order valence-corrected chi connectivity index (χ1v) is 7.66. The molecule has 2 aromatic carbocycles. The van der Waals surface area contributed by atoms with Crippen molar-refractivity contribution in [1.82, 2.24) is 5.01 Å². The van der Waals surface area contributed by atoms with Gasteiger partial charge < -0.3 is 0 Å². The van der Waals surface area contributed by atoms with Gasteiger partial charge in [-0.1, -0.05) is 47.7 Å². The van der Waals surface area contributed by atoms with Crippen LogP contribution in [0.1, 0.15) is 34.6 Å². The molecule has 0 aromatic heterocycles. The molecule has 0 radical (unpaired) electrons. The third-order valence-electron chi connectivity index (χ3n) is 3.65. The number of ketones is 2. The van der Waals surface area contributed by atoms with Crippen LogP contribution in [-0.2, 0) is 0 Å². The minimum Gasteiger partial charge on any atom is -0.293 e. The Balaban J connectivity index is 2.39. The molecule has 0 unspecified atom stereocenters. The van der Waals surface area contributed by atoms with Crippen molar-refractivity contribution in [1.29, 1.82) is 0 Å². The average molecular weight is 323 g/mol. The number of Topliss-reactive ketones (excluding diaryl/α,β-unsaturated/α-hetero) is 2. The lowest BCUT2D eigenvalue weighted by atomic mass is 9.77. The normalized spacial score (nSPS) is 11.5. The van der Waals surface area contributed by atoms with Crippen LogP contribution < -0.4 is 0 Å². The van der Waals surface area contributed by atoms with Gasteiger partial charge in [0.1, 0.15) is 0 Å². The van der Waals surface area contributed by atoms with E-state index in [9.17, 15) is 9.59 Å². The monoisotopic (exact) mass is 323 g/mol. The van der Waals surface area contributed by atoms with E-state index in [0.29, 0.717) is 16.8 Å². The van der Waals surface area contributed by atoms with E-state index in [0.717, 1.165) is 0 Å². The molecule has 0 spiro atoms. The molecular formula is C19H21N3O2. The summed E-state index contributed by atoms with van der Waals surface area (Å²) in [6.07, 6.45) is 0. The summed E-state index contributed by atoms with van der Waals surface area (Å²) in [6, 6.07) is 15.8. The van der Waals surface area contributed by atoms with Crippen LogP contribution in [0.3, 0.4) is 0 Å². The molecule has 0 saturated heterocycles. The van der Waals surface area contributed by atoms with Gasteiger partial charge in [-0.15, -0.1) is 5.11 Å². The fourth-order valence-corrected chi connectivity index (χ4v) is 2.28.